The molecule has 0 atom stereocenters. The molecular weight excluding hydrogens is 208 g/mol. The van der Waals surface area contributed by atoms with Gasteiger partial charge in [-0.15, -0.1) is 0 Å². The lowest BCUT2D eigenvalue weighted by Gasteiger charge is -1.98. The molecule has 1 rings (SSSR count). The molecular formula is C6H2F4N2O2. The largest absolute Gasteiger partial charge is 0.400 e. The van der Waals surface area contributed by atoms with Crippen LogP contribution in [0.3, 0.4) is 0 Å². The SMILES string of the molecule is O=[N+]([O-])c1nc(C(F)F)c(F)cc1F. The Hall–Kier alpha value is -1.73. The van der Waals surface area contributed by atoms with Crippen LogP contribution >= 0.6 is 0 Å². The summed E-state index contributed by atoms with van der Waals surface area (Å²) in [6, 6.07) is 0.00657. The van der Waals surface area contributed by atoms with E-state index in [1.807, 2.05) is 0 Å². The topological polar surface area (TPSA) is 56.0 Å². The highest BCUT2D eigenvalue weighted by molar-refractivity contribution is 5.25. The minimum atomic E-state index is -3.32. The molecule has 0 amide bonds. The van der Waals surface area contributed by atoms with Crippen molar-refractivity contribution in [2.75, 3.05) is 0 Å². The fraction of sp³-hybridized carbons (Fsp3) is 0.167. The minimum absolute atomic E-state index is 0.00657. The Morgan fingerprint density at radius 3 is 2.36 bits per heavy atom. The van der Waals surface area contributed by atoms with E-state index in [-0.39, 0.29) is 6.07 Å². The summed E-state index contributed by atoms with van der Waals surface area (Å²) in [5.74, 6) is -4.61. The maximum Gasteiger partial charge on any atom is 0.400 e. The lowest BCUT2D eigenvalue weighted by Crippen LogP contribution is -2.03. The van der Waals surface area contributed by atoms with Gasteiger partial charge in [-0.2, -0.15) is 4.39 Å². The van der Waals surface area contributed by atoms with E-state index in [2.05, 4.69) is 4.98 Å². The van der Waals surface area contributed by atoms with Gasteiger partial charge in [0, 0.05) is 6.07 Å². The maximum atomic E-state index is 12.6. The summed E-state index contributed by atoms with van der Waals surface area (Å²) < 4.78 is 49.0. The summed E-state index contributed by atoms with van der Waals surface area (Å²) in [5, 5.41) is 10.0. The lowest BCUT2D eigenvalue weighted by molar-refractivity contribution is -0.392. The van der Waals surface area contributed by atoms with Crippen LogP contribution in [0.1, 0.15) is 12.1 Å². The highest BCUT2D eigenvalue weighted by Crippen LogP contribution is 2.24. The molecule has 0 aliphatic heterocycles. The van der Waals surface area contributed by atoms with Crippen LogP contribution in [0.5, 0.6) is 0 Å². The molecule has 1 aromatic heterocycles. The quantitative estimate of drug-likeness (QED) is 0.427. The van der Waals surface area contributed by atoms with Crippen molar-refractivity contribution in [1.29, 1.82) is 0 Å². The number of halogens is 4. The summed E-state index contributed by atoms with van der Waals surface area (Å²) in [4.78, 5) is 11.3. The lowest BCUT2D eigenvalue weighted by atomic mass is 10.3. The third-order valence-electron chi connectivity index (χ3n) is 1.32. The number of pyridine rings is 1. The van der Waals surface area contributed by atoms with Gasteiger partial charge in [0.1, 0.15) is 0 Å². The predicted octanol–water partition coefficient (Wildman–Crippen LogP) is 2.21. The van der Waals surface area contributed by atoms with Gasteiger partial charge < -0.3 is 10.1 Å². The zero-order valence-electron chi connectivity index (χ0n) is 6.38. The Balaban J connectivity index is 3.34. The van der Waals surface area contributed by atoms with Crippen LogP contribution in [-0.2, 0) is 0 Å². The third-order valence-corrected chi connectivity index (χ3v) is 1.32. The van der Waals surface area contributed by atoms with Crippen LogP contribution < -0.4 is 0 Å². The molecule has 0 saturated heterocycles. The fourth-order valence-corrected chi connectivity index (χ4v) is 0.752. The van der Waals surface area contributed by atoms with Crippen LogP contribution in [0.15, 0.2) is 6.07 Å². The zero-order chi connectivity index (χ0) is 10.9. The van der Waals surface area contributed by atoms with Gasteiger partial charge in [0.2, 0.25) is 5.82 Å². The summed E-state index contributed by atoms with van der Waals surface area (Å²) in [7, 11) is 0. The Bertz CT molecular complexity index is 382. The molecule has 0 unspecified atom stereocenters. The Labute approximate surface area is 74.3 Å². The molecule has 0 saturated carbocycles. The Kier molecular flexibility index (Phi) is 2.63. The van der Waals surface area contributed by atoms with E-state index in [1.165, 1.54) is 0 Å². The number of nitro groups is 1. The molecule has 0 fully saturated rings. The van der Waals surface area contributed by atoms with Crippen molar-refractivity contribution < 1.29 is 22.5 Å². The number of alkyl halides is 2. The molecule has 0 aromatic carbocycles. The first-order chi connectivity index (χ1) is 6.43. The van der Waals surface area contributed by atoms with Crippen molar-refractivity contribution in [1.82, 2.24) is 4.98 Å². The fourth-order valence-electron chi connectivity index (χ4n) is 0.752. The second-order valence-corrected chi connectivity index (χ2v) is 2.22. The zero-order valence-corrected chi connectivity index (χ0v) is 6.38. The summed E-state index contributed by atoms with van der Waals surface area (Å²) in [5.41, 5.74) is -1.43. The molecule has 1 heterocycles. The molecule has 14 heavy (non-hydrogen) atoms. The molecule has 0 N–H and O–H groups in total. The minimum Gasteiger partial charge on any atom is -0.358 e. The predicted molar refractivity (Wildman–Crippen MR) is 35.8 cm³/mol. The average Bonchev–Trinajstić information content (AvgIpc) is 2.02. The molecule has 0 aliphatic carbocycles. The third kappa shape index (κ3) is 1.78. The van der Waals surface area contributed by atoms with E-state index in [1.54, 1.807) is 0 Å². The van der Waals surface area contributed by atoms with Gasteiger partial charge in [0.05, 0.1) is 0 Å². The van der Waals surface area contributed by atoms with Crippen LogP contribution in [-0.4, -0.2) is 9.91 Å². The van der Waals surface area contributed by atoms with Crippen molar-refractivity contribution in [3.63, 3.8) is 0 Å². The Morgan fingerprint density at radius 1 is 1.36 bits per heavy atom. The van der Waals surface area contributed by atoms with Gasteiger partial charge in [-0.3, -0.25) is 0 Å². The highest BCUT2D eigenvalue weighted by atomic mass is 19.3. The van der Waals surface area contributed by atoms with Crippen LogP contribution in [0.4, 0.5) is 23.4 Å². The van der Waals surface area contributed by atoms with E-state index in [0.717, 1.165) is 0 Å². The molecule has 1 aromatic rings. The van der Waals surface area contributed by atoms with Crippen molar-refractivity contribution in [3.05, 3.63) is 33.5 Å². The second-order valence-electron chi connectivity index (χ2n) is 2.22. The molecule has 0 spiro atoms. The molecule has 0 aliphatic rings. The van der Waals surface area contributed by atoms with Crippen molar-refractivity contribution in [2.45, 2.75) is 6.43 Å². The van der Waals surface area contributed by atoms with Crippen LogP contribution in [0.25, 0.3) is 0 Å². The van der Waals surface area contributed by atoms with Gasteiger partial charge in [0.25, 0.3) is 5.69 Å². The van der Waals surface area contributed by atoms with E-state index in [0.29, 0.717) is 0 Å². The van der Waals surface area contributed by atoms with E-state index >= 15 is 0 Å². The summed E-state index contributed by atoms with van der Waals surface area (Å²) >= 11 is 0. The normalized spacial score (nSPS) is 10.6. The van der Waals surface area contributed by atoms with E-state index < -0.39 is 34.5 Å². The monoisotopic (exact) mass is 210 g/mol. The number of hydrogen-bond acceptors (Lipinski definition) is 3. The smallest absolute Gasteiger partial charge is 0.358 e. The van der Waals surface area contributed by atoms with E-state index in [9.17, 15) is 27.7 Å². The summed E-state index contributed by atoms with van der Waals surface area (Å²) in [6.45, 7) is 0. The first-order valence-electron chi connectivity index (χ1n) is 3.22. The van der Waals surface area contributed by atoms with E-state index in [4.69, 9.17) is 0 Å². The molecule has 8 heteroatoms. The van der Waals surface area contributed by atoms with Crippen molar-refractivity contribution in [2.24, 2.45) is 0 Å². The maximum absolute atomic E-state index is 12.6. The number of rotatable bonds is 2. The van der Waals surface area contributed by atoms with Gasteiger partial charge in [-0.25, -0.2) is 13.2 Å². The first kappa shape index (κ1) is 10.4. The highest BCUT2D eigenvalue weighted by Gasteiger charge is 2.27. The molecule has 0 radical (unpaired) electrons. The standard InChI is InChI=1S/C6H2F4N2O2/c7-2-1-3(8)6(12(13)14)11-4(2)5(9)10/h1,5H. The Morgan fingerprint density at radius 2 is 1.93 bits per heavy atom. The van der Waals surface area contributed by atoms with Crippen molar-refractivity contribution >= 4 is 5.82 Å². The van der Waals surface area contributed by atoms with Crippen molar-refractivity contribution in [3.8, 4) is 0 Å². The van der Waals surface area contributed by atoms with Gasteiger partial charge in [0.15, 0.2) is 5.82 Å². The van der Waals surface area contributed by atoms with Gasteiger partial charge in [-0.1, -0.05) is 0 Å². The number of aromatic nitrogens is 1. The second kappa shape index (κ2) is 3.56. The summed E-state index contributed by atoms with van der Waals surface area (Å²) in [6.07, 6.45) is -3.32. The van der Waals surface area contributed by atoms with Gasteiger partial charge in [-0.05, 0) is 9.91 Å². The molecule has 76 valence electrons. The number of nitrogens with zero attached hydrogens (tertiary/aromatic N) is 2. The number of hydrogen-bond donors (Lipinski definition) is 0. The first-order valence-corrected chi connectivity index (χ1v) is 3.22. The van der Waals surface area contributed by atoms with Crippen LogP contribution in [0, 0.1) is 21.7 Å². The molecule has 0 bridgehead atoms. The molecule has 4 nitrogen and oxygen atoms in total. The van der Waals surface area contributed by atoms with Crippen LogP contribution in [0.2, 0.25) is 0 Å². The average molecular weight is 210 g/mol. The van der Waals surface area contributed by atoms with Gasteiger partial charge >= 0.3 is 12.2 Å².